The molecule has 1 unspecified atom stereocenters. The number of para-hydroxylation sites is 1. The summed E-state index contributed by atoms with van der Waals surface area (Å²) in [6.07, 6.45) is 7.99. The van der Waals surface area contributed by atoms with Crippen LogP contribution in [-0.4, -0.2) is 22.0 Å². The Morgan fingerprint density at radius 1 is 1.15 bits per heavy atom. The van der Waals surface area contributed by atoms with Gasteiger partial charge in [-0.15, -0.1) is 0 Å². The highest BCUT2D eigenvalue weighted by molar-refractivity contribution is 6.02. The van der Waals surface area contributed by atoms with Gasteiger partial charge in [0.15, 0.2) is 5.78 Å². The molecule has 134 valence electrons. The minimum absolute atomic E-state index is 0.0241. The summed E-state index contributed by atoms with van der Waals surface area (Å²) < 4.78 is 0. The molecule has 0 fully saturated rings. The third kappa shape index (κ3) is 4.00. The van der Waals surface area contributed by atoms with Gasteiger partial charge in [0.2, 0.25) is 0 Å². The number of aliphatic hydroxyl groups is 1. The van der Waals surface area contributed by atoms with E-state index in [0.717, 1.165) is 40.6 Å². The maximum absolute atomic E-state index is 12.2. The van der Waals surface area contributed by atoms with Gasteiger partial charge < -0.3 is 5.11 Å². The summed E-state index contributed by atoms with van der Waals surface area (Å²) in [5, 5.41) is 11.2. The second-order valence-electron chi connectivity index (χ2n) is 7.53. The molecule has 0 radical (unpaired) electrons. The average molecular weight is 347 g/mol. The van der Waals surface area contributed by atoms with Gasteiger partial charge in [0.05, 0.1) is 17.3 Å². The fourth-order valence-corrected chi connectivity index (χ4v) is 3.48. The standard InChI is InChI=1S/C23H25NO2/c1-16-20(23(2,3)15-14-22(16)26)13-12-19(25)11-10-18-9-8-17-6-4-5-7-21(17)24-18/h4-13,22,26H,14-15H2,1-3H3/b11-10+,13-12+. The Hall–Kier alpha value is -2.52. The average Bonchev–Trinajstić information content (AvgIpc) is 2.63. The third-order valence-corrected chi connectivity index (χ3v) is 5.15. The number of aliphatic hydroxyl groups excluding tert-OH is 1. The number of nitrogens with zero attached hydrogens (tertiary/aromatic N) is 1. The van der Waals surface area contributed by atoms with Crippen LogP contribution in [0, 0.1) is 5.41 Å². The molecule has 1 aromatic heterocycles. The van der Waals surface area contributed by atoms with Crippen molar-refractivity contribution in [2.24, 2.45) is 5.41 Å². The molecule has 1 aliphatic carbocycles. The Morgan fingerprint density at radius 3 is 2.69 bits per heavy atom. The molecular formula is C23H25NO2. The molecule has 0 saturated heterocycles. The summed E-state index contributed by atoms with van der Waals surface area (Å²) >= 11 is 0. The van der Waals surface area contributed by atoms with Gasteiger partial charge >= 0.3 is 0 Å². The molecular weight excluding hydrogens is 322 g/mol. The van der Waals surface area contributed by atoms with Gasteiger partial charge in [-0.3, -0.25) is 4.79 Å². The van der Waals surface area contributed by atoms with E-state index in [1.165, 1.54) is 6.08 Å². The number of allylic oxidation sites excluding steroid dienone is 4. The van der Waals surface area contributed by atoms with Crippen LogP contribution in [-0.2, 0) is 4.79 Å². The monoisotopic (exact) mass is 347 g/mol. The summed E-state index contributed by atoms with van der Waals surface area (Å²) in [7, 11) is 0. The van der Waals surface area contributed by atoms with Crippen LogP contribution in [0.4, 0.5) is 0 Å². The molecule has 1 atom stereocenters. The molecule has 3 rings (SSSR count). The summed E-state index contributed by atoms with van der Waals surface area (Å²) in [6.45, 7) is 6.26. The first kappa shape index (κ1) is 18.3. The van der Waals surface area contributed by atoms with Crippen molar-refractivity contribution in [1.82, 2.24) is 4.98 Å². The molecule has 0 bridgehead atoms. The minimum Gasteiger partial charge on any atom is -0.389 e. The van der Waals surface area contributed by atoms with Gasteiger partial charge in [0.1, 0.15) is 0 Å². The lowest BCUT2D eigenvalue weighted by Gasteiger charge is -2.35. The van der Waals surface area contributed by atoms with Crippen LogP contribution >= 0.6 is 0 Å². The summed E-state index contributed by atoms with van der Waals surface area (Å²) in [4.78, 5) is 16.8. The van der Waals surface area contributed by atoms with E-state index in [-0.39, 0.29) is 11.2 Å². The Balaban J connectivity index is 1.76. The molecule has 0 aliphatic heterocycles. The minimum atomic E-state index is -0.407. The maximum Gasteiger partial charge on any atom is 0.178 e. The van der Waals surface area contributed by atoms with E-state index in [1.807, 2.05) is 49.4 Å². The topological polar surface area (TPSA) is 50.2 Å². The Labute approximate surface area is 154 Å². The molecule has 1 heterocycles. The van der Waals surface area contributed by atoms with E-state index in [4.69, 9.17) is 0 Å². The van der Waals surface area contributed by atoms with Crippen molar-refractivity contribution < 1.29 is 9.90 Å². The Bertz CT molecular complexity index is 919. The molecule has 1 aliphatic rings. The number of carbonyl (C=O) groups is 1. The quantitative estimate of drug-likeness (QED) is 0.803. The molecule has 2 aromatic rings. The highest BCUT2D eigenvalue weighted by atomic mass is 16.3. The number of pyridine rings is 1. The van der Waals surface area contributed by atoms with E-state index in [1.54, 1.807) is 12.2 Å². The van der Waals surface area contributed by atoms with Crippen molar-refractivity contribution in [3.8, 4) is 0 Å². The van der Waals surface area contributed by atoms with Crippen molar-refractivity contribution in [3.05, 3.63) is 71.5 Å². The van der Waals surface area contributed by atoms with Crippen molar-refractivity contribution in [2.75, 3.05) is 0 Å². The van der Waals surface area contributed by atoms with Crippen LogP contribution in [0.5, 0.6) is 0 Å². The predicted molar refractivity (Wildman–Crippen MR) is 107 cm³/mol. The van der Waals surface area contributed by atoms with E-state index in [2.05, 4.69) is 18.8 Å². The van der Waals surface area contributed by atoms with E-state index in [0.29, 0.717) is 0 Å². The van der Waals surface area contributed by atoms with Gasteiger partial charge in [0.25, 0.3) is 0 Å². The summed E-state index contributed by atoms with van der Waals surface area (Å²) in [6, 6.07) is 11.8. The highest BCUT2D eigenvalue weighted by Gasteiger charge is 2.30. The van der Waals surface area contributed by atoms with Crippen LogP contribution in [0.3, 0.4) is 0 Å². The van der Waals surface area contributed by atoms with Gasteiger partial charge in [-0.1, -0.05) is 44.2 Å². The van der Waals surface area contributed by atoms with Gasteiger partial charge in [-0.2, -0.15) is 0 Å². The van der Waals surface area contributed by atoms with Crippen molar-refractivity contribution in [1.29, 1.82) is 0 Å². The largest absolute Gasteiger partial charge is 0.389 e. The van der Waals surface area contributed by atoms with Crippen LogP contribution in [0.1, 0.15) is 39.3 Å². The first-order chi connectivity index (χ1) is 12.4. The van der Waals surface area contributed by atoms with Crippen molar-refractivity contribution in [3.63, 3.8) is 0 Å². The van der Waals surface area contributed by atoms with Gasteiger partial charge in [0, 0.05) is 5.39 Å². The third-order valence-electron chi connectivity index (χ3n) is 5.15. The molecule has 0 spiro atoms. The summed E-state index contributed by atoms with van der Waals surface area (Å²) in [5.41, 5.74) is 3.67. The van der Waals surface area contributed by atoms with E-state index < -0.39 is 6.10 Å². The summed E-state index contributed by atoms with van der Waals surface area (Å²) in [5.74, 6) is -0.0869. The highest BCUT2D eigenvalue weighted by Crippen LogP contribution is 2.40. The lowest BCUT2D eigenvalue weighted by Crippen LogP contribution is -2.27. The van der Waals surface area contributed by atoms with Gasteiger partial charge in [-0.25, -0.2) is 4.98 Å². The van der Waals surface area contributed by atoms with E-state index >= 15 is 0 Å². The van der Waals surface area contributed by atoms with Crippen LogP contribution in [0.2, 0.25) is 0 Å². The fourth-order valence-electron chi connectivity index (χ4n) is 3.48. The van der Waals surface area contributed by atoms with Crippen molar-refractivity contribution in [2.45, 2.75) is 39.7 Å². The van der Waals surface area contributed by atoms with Crippen LogP contribution < -0.4 is 0 Å². The molecule has 1 N–H and O–H groups in total. The molecule has 0 amide bonds. The zero-order valence-corrected chi connectivity index (χ0v) is 15.6. The first-order valence-corrected chi connectivity index (χ1v) is 9.02. The zero-order chi connectivity index (χ0) is 18.7. The molecule has 3 heteroatoms. The maximum atomic E-state index is 12.2. The first-order valence-electron chi connectivity index (χ1n) is 9.02. The number of benzene rings is 1. The van der Waals surface area contributed by atoms with Crippen LogP contribution in [0.15, 0.2) is 65.8 Å². The number of aromatic nitrogens is 1. The normalized spacial score (nSPS) is 20.4. The molecule has 26 heavy (non-hydrogen) atoms. The SMILES string of the molecule is CC1=C(/C=C/C(=O)/C=C/c2ccc3ccccc3n2)C(C)(C)CCC1O. The second kappa shape index (κ2) is 7.38. The molecule has 0 saturated carbocycles. The lowest BCUT2D eigenvalue weighted by atomic mass is 9.71. The number of carbonyl (C=O) groups excluding carboxylic acids is 1. The number of hydrogen-bond donors (Lipinski definition) is 1. The zero-order valence-electron chi connectivity index (χ0n) is 15.6. The lowest BCUT2D eigenvalue weighted by molar-refractivity contribution is -0.110. The van der Waals surface area contributed by atoms with Crippen LogP contribution in [0.25, 0.3) is 17.0 Å². The number of ketones is 1. The second-order valence-corrected chi connectivity index (χ2v) is 7.53. The predicted octanol–water partition coefficient (Wildman–Crippen LogP) is 4.87. The fraction of sp³-hybridized carbons (Fsp3) is 0.304. The Kier molecular flexibility index (Phi) is 5.19. The van der Waals surface area contributed by atoms with E-state index in [9.17, 15) is 9.90 Å². The number of rotatable bonds is 4. The van der Waals surface area contributed by atoms with Crippen molar-refractivity contribution >= 4 is 22.8 Å². The Morgan fingerprint density at radius 2 is 1.88 bits per heavy atom. The van der Waals surface area contributed by atoms with Gasteiger partial charge in [-0.05, 0) is 66.7 Å². The number of hydrogen-bond acceptors (Lipinski definition) is 3. The smallest absolute Gasteiger partial charge is 0.178 e. The molecule has 3 nitrogen and oxygen atoms in total. The molecule has 1 aromatic carbocycles. The number of fused-ring (bicyclic) bond motifs is 1.